The van der Waals surface area contributed by atoms with Crippen LogP contribution in [0.4, 0.5) is 8.78 Å². The van der Waals surface area contributed by atoms with Crippen LogP contribution in [0.25, 0.3) is 0 Å². The lowest BCUT2D eigenvalue weighted by molar-refractivity contribution is -0.125. The van der Waals surface area contributed by atoms with Gasteiger partial charge in [0.15, 0.2) is 0 Å². The lowest BCUT2D eigenvalue weighted by atomic mass is 9.87. The molecule has 2 aromatic rings. The van der Waals surface area contributed by atoms with Gasteiger partial charge in [0.25, 0.3) is 0 Å². The number of hydrogen-bond donors (Lipinski definition) is 2. The molecule has 0 spiro atoms. The number of carbonyl (C=O) groups excluding carboxylic acids is 1. The Hall–Kier alpha value is -2.27. The molecule has 1 fully saturated rings. The fraction of sp³-hybridized carbons (Fsp3) is 0.316. The molecule has 24 heavy (non-hydrogen) atoms. The van der Waals surface area contributed by atoms with Gasteiger partial charge in [-0.3, -0.25) is 4.79 Å². The Morgan fingerprint density at radius 3 is 2.62 bits per heavy atom. The van der Waals surface area contributed by atoms with Crippen molar-refractivity contribution in [2.24, 2.45) is 5.92 Å². The standard InChI is InChI=1S/C19H20F2N2O/c1-12(13-5-3-2-4-6-13)23-19(24)17-11-22-10-16(17)15-8-7-14(20)9-18(15)21/h2-9,12,16-17,22H,10-11H2,1H3,(H,23,24)/t12-,16+,17-/m1/s1. The lowest BCUT2D eigenvalue weighted by Crippen LogP contribution is -2.36. The highest BCUT2D eigenvalue weighted by atomic mass is 19.1. The van der Waals surface area contributed by atoms with Crippen molar-refractivity contribution in [1.29, 1.82) is 0 Å². The monoisotopic (exact) mass is 330 g/mol. The predicted octanol–water partition coefficient (Wildman–Crippen LogP) is 3.15. The topological polar surface area (TPSA) is 41.1 Å². The van der Waals surface area contributed by atoms with Gasteiger partial charge >= 0.3 is 0 Å². The Morgan fingerprint density at radius 1 is 1.17 bits per heavy atom. The molecule has 1 heterocycles. The zero-order valence-corrected chi connectivity index (χ0v) is 13.4. The lowest BCUT2D eigenvalue weighted by Gasteiger charge is -2.22. The van der Waals surface area contributed by atoms with Crippen molar-refractivity contribution in [2.45, 2.75) is 18.9 Å². The fourth-order valence-electron chi connectivity index (χ4n) is 3.23. The van der Waals surface area contributed by atoms with Crippen LogP contribution in [-0.4, -0.2) is 19.0 Å². The second kappa shape index (κ2) is 7.09. The summed E-state index contributed by atoms with van der Waals surface area (Å²) in [6.07, 6.45) is 0. The zero-order chi connectivity index (χ0) is 17.1. The molecule has 1 aliphatic heterocycles. The quantitative estimate of drug-likeness (QED) is 0.904. The van der Waals surface area contributed by atoms with Gasteiger partial charge in [-0.1, -0.05) is 36.4 Å². The molecule has 0 aliphatic carbocycles. The van der Waals surface area contributed by atoms with Gasteiger partial charge < -0.3 is 10.6 Å². The van der Waals surface area contributed by atoms with Crippen LogP contribution in [-0.2, 0) is 4.79 Å². The Balaban J connectivity index is 1.74. The van der Waals surface area contributed by atoms with Crippen LogP contribution in [0, 0.1) is 17.6 Å². The van der Waals surface area contributed by atoms with Gasteiger partial charge in [-0.15, -0.1) is 0 Å². The molecule has 5 heteroatoms. The van der Waals surface area contributed by atoms with E-state index in [1.54, 1.807) is 0 Å². The number of halogens is 2. The number of nitrogens with one attached hydrogen (secondary N) is 2. The molecule has 3 rings (SSSR count). The maximum atomic E-state index is 14.1. The number of rotatable bonds is 4. The zero-order valence-electron chi connectivity index (χ0n) is 13.4. The van der Waals surface area contributed by atoms with E-state index in [4.69, 9.17) is 0 Å². The normalized spacial score (nSPS) is 21.5. The summed E-state index contributed by atoms with van der Waals surface area (Å²) in [7, 11) is 0. The third-order valence-electron chi connectivity index (χ3n) is 4.57. The summed E-state index contributed by atoms with van der Waals surface area (Å²) in [6, 6.07) is 13.1. The largest absolute Gasteiger partial charge is 0.349 e. The van der Waals surface area contributed by atoms with Crippen LogP contribution in [0.3, 0.4) is 0 Å². The van der Waals surface area contributed by atoms with Crippen LogP contribution in [0.2, 0.25) is 0 Å². The van der Waals surface area contributed by atoms with Crippen molar-refractivity contribution in [3.05, 3.63) is 71.3 Å². The summed E-state index contributed by atoms with van der Waals surface area (Å²) in [5.41, 5.74) is 1.40. The van der Waals surface area contributed by atoms with E-state index in [-0.39, 0.29) is 23.8 Å². The van der Waals surface area contributed by atoms with E-state index in [0.29, 0.717) is 18.7 Å². The van der Waals surface area contributed by atoms with Crippen molar-refractivity contribution >= 4 is 5.91 Å². The molecule has 1 aliphatic rings. The van der Waals surface area contributed by atoms with Gasteiger partial charge in [-0.05, 0) is 24.1 Å². The van der Waals surface area contributed by atoms with Crippen LogP contribution < -0.4 is 10.6 Å². The van der Waals surface area contributed by atoms with Gasteiger partial charge in [0, 0.05) is 25.1 Å². The first kappa shape index (κ1) is 16.6. The first-order valence-electron chi connectivity index (χ1n) is 8.07. The summed E-state index contributed by atoms with van der Waals surface area (Å²) in [5, 5.41) is 6.13. The third kappa shape index (κ3) is 3.46. The van der Waals surface area contributed by atoms with Gasteiger partial charge in [0.05, 0.1) is 12.0 Å². The van der Waals surface area contributed by atoms with E-state index in [2.05, 4.69) is 10.6 Å². The Bertz CT molecular complexity index is 721. The van der Waals surface area contributed by atoms with Gasteiger partial charge in [0.1, 0.15) is 11.6 Å². The van der Waals surface area contributed by atoms with Crippen molar-refractivity contribution in [2.75, 3.05) is 13.1 Å². The van der Waals surface area contributed by atoms with Crippen LogP contribution in [0.5, 0.6) is 0 Å². The van der Waals surface area contributed by atoms with Crippen molar-refractivity contribution < 1.29 is 13.6 Å². The highest BCUT2D eigenvalue weighted by Gasteiger charge is 2.35. The maximum absolute atomic E-state index is 14.1. The smallest absolute Gasteiger partial charge is 0.225 e. The molecule has 0 aromatic heterocycles. The molecule has 0 radical (unpaired) electrons. The molecule has 3 nitrogen and oxygen atoms in total. The summed E-state index contributed by atoms with van der Waals surface area (Å²) >= 11 is 0. The molecule has 0 unspecified atom stereocenters. The van der Waals surface area contributed by atoms with Crippen molar-refractivity contribution in [1.82, 2.24) is 10.6 Å². The molecule has 2 N–H and O–H groups in total. The molecular formula is C19H20F2N2O. The number of carbonyl (C=O) groups is 1. The molecule has 3 atom stereocenters. The van der Waals surface area contributed by atoms with E-state index in [9.17, 15) is 13.6 Å². The van der Waals surface area contributed by atoms with Crippen LogP contribution >= 0.6 is 0 Å². The second-order valence-electron chi connectivity index (χ2n) is 6.18. The first-order valence-corrected chi connectivity index (χ1v) is 8.07. The Labute approximate surface area is 140 Å². The molecule has 126 valence electrons. The van der Waals surface area contributed by atoms with E-state index < -0.39 is 11.6 Å². The molecular weight excluding hydrogens is 310 g/mol. The van der Waals surface area contributed by atoms with Crippen LogP contribution in [0.1, 0.15) is 30.0 Å². The molecule has 2 aromatic carbocycles. The average molecular weight is 330 g/mol. The first-order chi connectivity index (χ1) is 11.6. The summed E-state index contributed by atoms with van der Waals surface area (Å²) in [6.45, 7) is 2.90. The highest BCUT2D eigenvalue weighted by molar-refractivity contribution is 5.81. The number of amides is 1. The average Bonchev–Trinajstić information content (AvgIpc) is 3.05. The Kier molecular flexibility index (Phi) is 4.90. The Morgan fingerprint density at radius 2 is 1.92 bits per heavy atom. The number of benzene rings is 2. The molecule has 0 bridgehead atoms. The van der Waals surface area contributed by atoms with Gasteiger partial charge in [-0.2, -0.15) is 0 Å². The molecule has 1 saturated heterocycles. The van der Waals surface area contributed by atoms with E-state index >= 15 is 0 Å². The summed E-state index contributed by atoms with van der Waals surface area (Å²) in [4.78, 5) is 12.6. The van der Waals surface area contributed by atoms with E-state index in [1.807, 2.05) is 37.3 Å². The van der Waals surface area contributed by atoms with Crippen molar-refractivity contribution in [3.8, 4) is 0 Å². The van der Waals surface area contributed by atoms with Gasteiger partial charge in [0.2, 0.25) is 5.91 Å². The third-order valence-corrected chi connectivity index (χ3v) is 4.57. The minimum absolute atomic E-state index is 0.120. The molecule has 0 saturated carbocycles. The van der Waals surface area contributed by atoms with E-state index in [1.165, 1.54) is 12.1 Å². The van der Waals surface area contributed by atoms with Crippen molar-refractivity contribution in [3.63, 3.8) is 0 Å². The van der Waals surface area contributed by atoms with Gasteiger partial charge in [-0.25, -0.2) is 8.78 Å². The predicted molar refractivity (Wildman–Crippen MR) is 88.5 cm³/mol. The van der Waals surface area contributed by atoms with Crippen LogP contribution in [0.15, 0.2) is 48.5 Å². The minimum atomic E-state index is -0.610. The SMILES string of the molecule is C[C@@H](NC(=O)[C@@H]1CNC[C@H]1c1ccc(F)cc1F)c1ccccc1. The molecule has 1 amide bonds. The summed E-state index contributed by atoms with van der Waals surface area (Å²) in [5.74, 6) is -2.01. The van der Waals surface area contributed by atoms with E-state index in [0.717, 1.165) is 11.6 Å². The maximum Gasteiger partial charge on any atom is 0.225 e. The summed E-state index contributed by atoms with van der Waals surface area (Å²) < 4.78 is 27.2. The second-order valence-corrected chi connectivity index (χ2v) is 6.18. The minimum Gasteiger partial charge on any atom is -0.349 e. The fourth-order valence-corrected chi connectivity index (χ4v) is 3.23. The highest BCUT2D eigenvalue weighted by Crippen LogP contribution is 2.31. The number of hydrogen-bond acceptors (Lipinski definition) is 2.